The van der Waals surface area contributed by atoms with Crippen LogP contribution in [0.3, 0.4) is 0 Å². The fourth-order valence-electron chi connectivity index (χ4n) is 3.08. The molecule has 0 bridgehead atoms. The fourth-order valence-corrected chi connectivity index (χ4v) is 4.12. The first-order valence-electron chi connectivity index (χ1n) is 8.38. The summed E-state index contributed by atoms with van der Waals surface area (Å²) in [5.41, 5.74) is 3.55. The largest absolute Gasteiger partial charge is 0.362 e. The molecule has 0 radical (unpaired) electrons. The number of carbonyl (C=O) groups excluding carboxylic acids is 2. The summed E-state index contributed by atoms with van der Waals surface area (Å²) in [5, 5.41) is 0. The molecular weight excluding hydrogens is 354 g/mol. The molecule has 2 heterocycles. The maximum absolute atomic E-state index is 12.4. The van der Waals surface area contributed by atoms with Crippen LogP contribution >= 0.6 is 0 Å². The van der Waals surface area contributed by atoms with Gasteiger partial charge in [0.05, 0.1) is 10.6 Å². The second-order valence-corrected chi connectivity index (χ2v) is 8.13. The van der Waals surface area contributed by atoms with Crippen molar-refractivity contribution in [2.45, 2.75) is 38.0 Å². The van der Waals surface area contributed by atoms with Crippen LogP contribution in [0.2, 0.25) is 0 Å². The van der Waals surface area contributed by atoms with Crippen LogP contribution < -0.4 is 9.62 Å². The average molecular weight is 375 g/mol. The second kappa shape index (κ2) is 7.05. The van der Waals surface area contributed by atoms with E-state index in [9.17, 15) is 18.0 Å². The van der Waals surface area contributed by atoms with E-state index in [0.717, 1.165) is 21.9 Å². The predicted molar refractivity (Wildman–Crippen MR) is 97.3 cm³/mol. The molecule has 3 rings (SSSR count). The van der Waals surface area contributed by atoms with Gasteiger partial charge in [-0.3, -0.25) is 14.5 Å². The quantitative estimate of drug-likeness (QED) is 0.752. The van der Waals surface area contributed by atoms with Gasteiger partial charge < -0.3 is 4.98 Å². The van der Waals surface area contributed by atoms with Crippen LogP contribution in [0, 0.1) is 13.8 Å². The lowest BCUT2D eigenvalue weighted by molar-refractivity contribution is -0.121. The summed E-state index contributed by atoms with van der Waals surface area (Å²) in [6.45, 7) is 4.19. The molecule has 26 heavy (non-hydrogen) atoms. The minimum absolute atomic E-state index is 0.0994. The normalized spacial score (nSPS) is 15.1. The zero-order valence-electron chi connectivity index (χ0n) is 14.7. The molecule has 138 valence electrons. The van der Waals surface area contributed by atoms with Crippen molar-refractivity contribution in [3.05, 3.63) is 47.3 Å². The number of anilines is 1. The molecule has 7 nitrogen and oxygen atoms in total. The summed E-state index contributed by atoms with van der Waals surface area (Å²) in [6, 6.07) is 7.78. The van der Waals surface area contributed by atoms with Gasteiger partial charge in [0.15, 0.2) is 0 Å². The van der Waals surface area contributed by atoms with Gasteiger partial charge in [-0.25, -0.2) is 13.1 Å². The Morgan fingerprint density at radius 1 is 1.08 bits per heavy atom. The number of H-pyrrole nitrogens is 1. The molecule has 1 aliphatic rings. The number of aryl methyl sites for hydroxylation is 2. The summed E-state index contributed by atoms with van der Waals surface area (Å²) in [5.74, 6) is -0.526. The van der Waals surface area contributed by atoms with E-state index < -0.39 is 10.0 Å². The van der Waals surface area contributed by atoms with Gasteiger partial charge in [0.25, 0.3) is 0 Å². The Morgan fingerprint density at radius 3 is 2.23 bits per heavy atom. The number of sulfonamides is 1. The van der Waals surface area contributed by atoms with Crippen molar-refractivity contribution >= 4 is 27.5 Å². The first kappa shape index (κ1) is 18.3. The zero-order valence-corrected chi connectivity index (χ0v) is 15.5. The number of aromatic nitrogens is 1. The Bertz CT molecular complexity index is 929. The van der Waals surface area contributed by atoms with E-state index in [4.69, 9.17) is 0 Å². The van der Waals surface area contributed by atoms with Crippen LogP contribution in [0.4, 0.5) is 5.69 Å². The summed E-state index contributed by atoms with van der Waals surface area (Å²) < 4.78 is 27.4. The van der Waals surface area contributed by atoms with Crippen molar-refractivity contribution in [1.29, 1.82) is 0 Å². The van der Waals surface area contributed by atoms with E-state index >= 15 is 0 Å². The van der Waals surface area contributed by atoms with Gasteiger partial charge in [-0.05, 0) is 56.2 Å². The Balaban J connectivity index is 1.66. The van der Waals surface area contributed by atoms with E-state index in [-0.39, 0.29) is 36.1 Å². The second-order valence-electron chi connectivity index (χ2n) is 6.37. The molecule has 0 atom stereocenters. The van der Waals surface area contributed by atoms with Gasteiger partial charge in [-0.2, -0.15) is 0 Å². The van der Waals surface area contributed by atoms with Crippen LogP contribution in [0.1, 0.15) is 29.8 Å². The SMILES string of the molecule is Cc1cc(CCNS(=O)(=O)c2ccc(N3C(=O)CCC3=O)cc2)c(C)[nH]1. The van der Waals surface area contributed by atoms with Crippen molar-refractivity contribution in [3.63, 3.8) is 0 Å². The fraction of sp³-hybridized carbons (Fsp3) is 0.333. The number of rotatable bonds is 6. The molecule has 0 spiro atoms. The van der Waals surface area contributed by atoms with Crippen molar-refractivity contribution in [1.82, 2.24) is 9.71 Å². The van der Waals surface area contributed by atoms with Gasteiger partial charge in [0, 0.05) is 30.8 Å². The van der Waals surface area contributed by atoms with Crippen LogP contribution in [0.25, 0.3) is 0 Å². The number of nitrogens with one attached hydrogen (secondary N) is 2. The van der Waals surface area contributed by atoms with Gasteiger partial charge in [-0.1, -0.05) is 0 Å². The third-order valence-corrected chi connectivity index (χ3v) is 5.88. The molecule has 0 aliphatic carbocycles. The maximum Gasteiger partial charge on any atom is 0.240 e. The lowest BCUT2D eigenvalue weighted by atomic mass is 10.2. The van der Waals surface area contributed by atoms with Crippen LogP contribution in [0.5, 0.6) is 0 Å². The molecule has 1 aromatic carbocycles. The number of benzene rings is 1. The molecular formula is C18H21N3O4S. The molecule has 1 saturated heterocycles. The standard InChI is InChI=1S/C18H21N3O4S/c1-12-11-14(13(2)20-12)9-10-19-26(24,25)16-5-3-15(4-6-16)21-17(22)7-8-18(21)23/h3-6,11,19-20H,7-10H2,1-2H3. The molecule has 8 heteroatoms. The third-order valence-electron chi connectivity index (χ3n) is 4.40. The highest BCUT2D eigenvalue weighted by atomic mass is 32.2. The number of aromatic amines is 1. The Hall–Kier alpha value is -2.45. The number of carbonyl (C=O) groups is 2. The molecule has 1 aromatic heterocycles. The molecule has 2 N–H and O–H groups in total. The lowest BCUT2D eigenvalue weighted by Gasteiger charge is -2.14. The number of amides is 2. The molecule has 1 aliphatic heterocycles. The number of nitrogens with zero attached hydrogens (tertiary/aromatic N) is 1. The monoisotopic (exact) mass is 375 g/mol. The van der Waals surface area contributed by atoms with Crippen LogP contribution in [-0.4, -0.2) is 31.8 Å². The van der Waals surface area contributed by atoms with Crippen LogP contribution in [0.15, 0.2) is 35.2 Å². The number of hydrogen-bond donors (Lipinski definition) is 2. The smallest absolute Gasteiger partial charge is 0.240 e. The molecule has 0 unspecified atom stereocenters. The Kier molecular flexibility index (Phi) is 4.97. The van der Waals surface area contributed by atoms with E-state index in [1.165, 1.54) is 24.3 Å². The molecule has 2 amide bonds. The van der Waals surface area contributed by atoms with Crippen molar-refractivity contribution in [3.8, 4) is 0 Å². The van der Waals surface area contributed by atoms with E-state index in [1.807, 2.05) is 19.9 Å². The minimum atomic E-state index is -3.65. The maximum atomic E-state index is 12.4. The lowest BCUT2D eigenvalue weighted by Crippen LogP contribution is -2.29. The van der Waals surface area contributed by atoms with Crippen molar-refractivity contribution in [2.24, 2.45) is 0 Å². The van der Waals surface area contributed by atoms with E-state index in [2.05, 4.69) is 9.71 Å². The Morgan fingerprint density at radius 2 is 1.69 bits per heavy atom. The van der Waals surface area contributed by atoms with Crippen molar-refractivity contribution in [2.75, 3.05) is 11.4 Å². The van der Waals surface area contributed by atoms with Gasteiger partial charge in [0.1, 0.15) is 0 Å². The summed E-state index contributed by atoms with van der Waals surface area (Å²) >= 11 is 0. The van der Waals surface area contributed by atoms with Gasteiger partial charge >= 0.3 is 0 Å². The van der Waals surface area contributed by atoms with E-state index in [0.29, 0.717) is 12.1 Å². The highest BCUT2D eigenvalue weighted by Crippen LogP contribution is 2.24. The molecule has 0 saturated carbocycles. The highest BCUT2D eigenvalue weighted by Gasteiger charge is 2.30. The minimum Gasteiger partial charge on any atom is -0.362 e. The first-order chi connectivity index (χ1) is 12.3. The Labute approximate surface area is 152 Å². The summed E-state index contributed by atoms with van der Waals surface area (Å²) in [4.78, 5) is 27.9. The summed E-state index contributed by atoms with van der Waals surface area (Å²) in [6.07, 6.45) is 0.973. The van der Waals surface area contributed by atoms with Crippen LogP contribution in [-0.2, 0) is 26.0 Å². The molecule has 2 aromatic rings. The zero-order chi connectivity index (χ0) is 18.9. The topological polar surface area (TPSA) is 99.3 Å². The van der Waals surface area contributed by atoms with Gasteiger partial charge in [0.2, 0.25) is 21.8 Å². The van der Waals surface area contributed by atoms with Crippen molar-refractivity contribution < 1.29 is 18.0 Å². The summed E-state index contributed by atoms with van der Waals surface area (Å²) in [7, 11) is -3.65. The van der Waals surface area contributed by atoms with Gasteiger partial charge in [-0.15, -0.1) is 0 Å². The number of hydrogen-bond acceptors (Lipinski definition) is 4. The van der Waals surface area contributed by atoms with E-state index in [1.54, 1.807) is 0 Å². The number of imide groups is 1. The molecule has 1 fully saturated rings. The first-order valence-corrected chi connectivity index (χ1v) is 9.87. The predicted octanol–water partition coefficient (Wildman–Crippen LogP) is 1.81. The third kappa shape index (κ3) is 3.71. The highest BCUT2D eigenvalue weighted by molar-refractivity contribution is 7.89. The average Bonchev–Trinajstić information content (AvgIpc) is 3.08.